The van der Waals surface area contributed by atoms with Gasteiger partial charge in [0, 0.05) is 22.9 Å². The van der Waals surface area contributed by atoms with Crippen molar-refractivity contribution in [2.45, 2.75) is 19.8 Å². The second-order valence-electron chi connectivity index (χ2n) is 4.71. The lowest BCUT2D eigenvalue weighted by molar-refractivity contribution is -0.131. The molecule has 2 rings (SSSR count). The molecule has 0 aliphatic heterocycles. The minimum Gasteiger partial charge on any atom is -0.478 e. The Morgan fingerprint density at radius 2 is 2.15 bits per heavy atom. The maximum absolute atomic E-state index is 10.6. The van der Waals surface area contributed by atoms with Gasteiger partial charge in [-0.15, -0.1) is 0 Å². The lowest BCUT2D eigenvalue weighted by atomic mass is 10.1. The van der Waals surface area contributed by atoms with Crippen molar-refractivity contribution < 1.29 is 9.90 Å². The minimum atomic E-state index is -0.991. The molecule has 4 nitrogen and oxygen atoms in total. The Morgan fingerprint density at radius 1 is 1.40 bits per heavy atom. The molecule has 1 aromatic heterocycles. The minimum absolute atomic E-state index is 0.327. The Hall–Kier alpha value is -2.07. The topological polar surface area (TPSA) is 55.1 Å². The number of carbonyl (C=O) groups is 1. The van der Waals surface area contributed by atoms with Crippen LogP contribution < -0.4 is 0 Å². The maximum atomic E-state index is 10.6. The molecule has 0 radical (unpaired) electrons. The van der Waals surface area contributed by atoms with Crippen LogP contribution in [0.2, 0.25) is 5.02 Å². The second-order valence-corrected chi connectivity index (χ2v) is 5.15. The van der Waals surface area contributed by atoms with Crippen LogP contribution in [0.1, 0.15) is 31.0 Å². The van der Waals surface area contributed by atoms with E-state index in [-0.39, 0.29) is 0 Å². The van der Waals surface area contributed by atoms with Gasteiger partial charge in [-0.2, -0.15) is 5.10 Å². The van der Waals surface area contributed by atoms with Crippen LogP contribution in [-0.4, -0.2) is 20.9 Å². The molecule has 0 saturated carbocycles. The lowest BCUT2D eigenvalue weighted by Crippen LogP contribution is -2.00. The first-order chi connectivity index (χ1) is 9.47. The summed E-state index contributed by atoms with van der Waals surface area (Å²) in [6.45, 7) is 4.13. The third-order valence-electron chi connectivity index (χ3n) is 2.85. The molecule has 0 spiro atoms. The van der Waals surface area contributed by atoms with Gasteiger partial charge in [0.25, 0.3) is 0 Å². The first kappa shape index (κ1) is 14.3. The highest BCUT2D eigenvalue weighted by molar-refractivity contribution is 6.30. The van der Waals surface area contributed by atoms with E-state index in [9.17, 15) is 4.79 Å². The van der Waals surface area contributed by atoms with E-state index >= 15 is 0 Å². The number of aromatic nitrogens is 2. The third kappa shape index (κ3) is 3.27. The van der Waals surface area contributed by atoms with Gasteiger partial charge >= 0.3 is 5.97 Å². The fourth-order valence-corrected chi connectivity index (χ4v) is 1.96. The molecule has 0 fully saturated rings. The van der Waals surface area contributed by atoms with Crippen LogP contribution in [0.15, 0.2) is 36.5 Å². The van der Waals surface area contributed by atoms with Crippen molar-refractivity contribution >= 4 is 23.6 Å². The molecule has 0 unspecified atom stereocenters. The maximum Gasteiger partial charge on any atom is 0.328 e. The number of rotatable bonds is 4. The van der Waals surface area contributed by atoms with Crippen LogP contribution in [0.4, 0.5) is 0 Å². The van der Waals surface area contributed by atoms with E-state index < -0.39 is 5.97 Å². The van der Waals surface area contributed by atoms with E-state index in [0.29, 0.717) is 10.9 Å². The van der Waals surface area contributed by atoms with Crippen LogP contribution in [0.25, 0.3) is 11.8 Å². The molecular weight excluding hydrogens is 276 g/mol. The van der Waals surface area contributed by atoms with E-state index in [2.05, 4.69) is 18.9 Å². The molecule has 0 saturated heterocycles. The van der Waals surface area contributed by atoms with Crippen molar-refractivity contribution in [1.29, 1.82) is 0 Å². The Balaban J connectivity index is 2.47. The van der Waals surface area contributed by atoms with Gasteiger partial charge in [0.2, 0.25) is 0 Å². The predicted octanol–water partition coefficient (Wildman–Crippen LogP) is 3.75. The Morgan fingerprint density at radius 3 is 2.75 bits per heavy atom. The highest BCUT2D eigenvalue weighted by Gasteiger charge is 2.08. The number of hydrogen-bond acceptors (Lipinski definition) is 2. The van der Waals surface area contributed by atoms with Crippen LogP contribution in [0, 0.1) is 0 Å². The molecule has 104 valence electrons. The smallest absolute Gasteiger partial charge is 0.328 e. The van der Waals surface area contributed by atoms with Crippen LogP contribution >= 0.6 is 11.6 Å². The highest BCUT2D eigenvalue weighted by atomic mass is 35.5. The van der Waals surface area contributed by atoms with Crippen molar-refractivity contribution in [3.63, 3.8) is 0 Å². The summed E-state index contributed by atoms with van der Waals surface area (Å²) < 4.78 is 1.71. The van der Waals surface area contributed by atoms with Crippen LogP contribution in [-0.2, 0) is 4.79 Å². The molecular formula is C15H15ClN2O2. The zero-order chi connectivity index (χ0) is 14.7. The summed E-state index contributed by atoms with van der Waals surface area (Å²) in [6, 6.07) is 7.20. The summed E-state index contributed by atoms with van der Waals surface area (Å²) in [6.07, 6.45) is 4.48. The summed E-state index contributed by atoms with van der Waals surface area (Å²) in [5, 5.41) is 13.8. The van der Waals surface area contributed by atoms with Gasteiger partial charge in [-0.3, -0.25) is 0 Å². The van der Waals surface area contributed by atoms with Gasteiger partial charge in [-0.1, -0.05) is 31.5 Å². The molecule has 0 atom stereocenters. The molecule has 2 aromatic rings. The first-order valence-corrected chi connectivity index (χ1v) is 6.61. The zero-order valence-corrected chi connectivity index (χ0v) is 12.0. The molecule has 20 heavy (non-hydrogen) atoms. The van der Waals surface area contributed by atoms with Crippen LogP contribution in [0.3, 0.4) is 0 Å². The average Bonchev–Trinajstić information content (AvgIpc) is 2.86. The van der Waals surface area contributed by atoms with Gasteiger partial charge in [0.1, 0.15) is 0 Å². The van der Waals surface area contributed by atoms with Gasteiger partial charge < -0.3 is 5.11 Å². The van der Waals surface area contributed by atoms with Gasteiger partial charge in [0.15, 0.2) is 0 Å². The largest absolute Gasteiger partial charge is 0.478 e. The zero-order valence-electron chi connectivity index (χ0n) is 11.2. The second kappa shape index (κ2) is 5.92. The summed E-state index contributed by atoms with van der Waals surface area (Å²) in [7, 11) is 0. The highest BCUT2D eigenvalue weighted by Crippen LogP contribution is 2.22. The number of aliphatic carboxylic acids is 1. The monoisotopic (exact) mass is 290 g/mol. The summed E-state index contributed by atoms with van der Waals surface area (Å²) in [5.41, 5.74) is 2.47. The predicted molar refractivity (Wildman–Crippen MR) is 79.3 cm³/mol. The first-order valence-electron chi connectivity index (χ1n) is 6.24. The molecule has 1 heterocycles. The molecule has 0 aliphatic carbocycles. The summed E-state index contributed by atoms with van der Waals surface area (Å²) >= 11 is 6.02. The van der Waals surface area contributed by atoms with E-state index in [0.717, 1.165) is 23.0 Å². The number of halogens is 1. The fraction of sp³-hybridized carbons (Fsp3) is 0.200. The third-order valence-corrected chi connectivity index (χ3v) is 3.08. The molecule has 5 heteroatoms. The molecule has 1 aromatic carbocycles. The van der Waals surface area contributed by atoms with E-state index in [1.165, 1.54) is 6.08 Å². The van der Waals surface area contributed by atoms with Gasteiger partial charge in [-0.05, 0) is 30.2 Å². The quantitative estimate of drug-likeness (QED) is 0.873. The van der Waals surface area contributed by atoms with Crippen molar-refractivity contribution in [2.24, 2.45) is 0 Å². The number of carboxylic acid groups (broad SMARTS) is 1. The SMILES string of the molecule is CC(C)c1ccn(-c2cc(Cl)ccc2/C=C/C(=O)O)n1. The van der Waals surface area contributed by atoms with Crippen molar-refractivity contribution in [3.05, 3.63) is 52.8 Å². The van der Waals surface area contributed by atoms with Crippen molar-refractivity contribution in [1.82, 2.24) is 9.78 Å². The van der Waals surface area contributed by atoms with Crippen LogP contribution in [0.5, 0.6) is 0 Å². The molecule has 0 amide bonds. The molecule has 1 N–H and O–H groups in total. The Labute approximate surface area is 122 Å². The summed E-state index contributed by atoms with van der Waals surface area (Å²) in [4.78, 5) is 10.6. The van der Waals surface area contributed by atoms with Gasteiger partial charge in [0.05, 0.1) is 11.4 Å². The summed E-state index contributed by atoms with van der Waals surface area (Å²) in [5.74, 6) is -0.664. The Kier molecular flexibility index (Phi) is 4.25. The lowest BCUT2D eigenvalue weighted by Gasteiger charge is -2.07. The normalized spacial score (nSPS) is 11.4. The van der Waals surface area contributed by atoms with Crippen molar-refractivity contribution in [2.75, 3.05) is 0 Å². The fourth-order valence-electron chi connectivity index (χ4n) is 1.80. The number of hydrogen-bond donors (Lipinski definition) is 1. The number of nitrogens with zero attached hydrogens (tertiary/aromatic N) is 2. The number of benzene rings is 1. The average molecular weight is 291 g/mol. The molecule has 0 aliphatic rings. The van der Waals surface area contributed by atoms with E-state index in [4.69, 9.17) is 16.7 Å². The standard InChI is InChI=1S/C15H15ClN2O2/c1-10(2)13-7-8-18(17-13)14-9-12(16)5-3-11(14)4-6-15(19)20/h3-10H,1-2H3,(H,19,20)/b6-4+. The van der Waals surface area contributed by atoms with E-state index in [1.807, 2.05) is 12.3 Å². The number of carboxylic acids is 1. The van der Waals surface area contributed by atoms with E-state index in [1.54, 1.807) is 22.9 Å². The molecule has 0 bridgehead atoms. The van der Waals surface area contributed by atoms with Crippen molar-refractivity contribution in [3.8, 4) is 5.69 Å². The van der Waals surface area contributed by atoms with Gasteiger partial charge in [-0.25, -0.2) is 9.48 Å². The Bertz CT molecular complexity index is 660.